The Morgan fingerprint density at radius 2 is 2.17 bits per heavy atom. The fourth-order valence-electron chi connectivity index (χ4n) is 2.39. The first-order valence-electron chi connectivity index (χ1n) is 6.44. The fraction of sp³-hybridized carbons (Fsp3) is 0.571. The molecule has 100 valence electrons. The molecule has 0 aliphatic carbocycles. The number of aryl methyl sites for hydroxylation is 1. The molecule has 1 aliphatic rings. The summed E-state index contributed by atoms with van der Waals surface area (Å²) in [6.45, 7) is 5.31. The van der Waals surface area contributed by atoms with Crippen molar-refractivity contribution >= 4 is 21.6 Å². The summed E-state index contributed by atoms with van der Waals surface area (Å²) in [5.74, 6) is 0. The summed E-state index contributed by atoms with van der Waals surface area (Å²) >= 11 is 3.59. The van der Waals surface area contributed by atoms with Crippen molar-refractivity contribution in [2.45, 2.75) is 19.4 Å². The molecule has 1 heterocycles. The number of rotatable bonds is 2. The Bertz CT molecular complexity index is 411. The molecule has 1 aromatic rings. The second-order valence-corrected chi connectivity index (χ2v) is 5.90. The van der Waals surface area contributed by atoms with Gasteiger partial charge in [-0.3, -0.25) is 4.90 Å². The van der Waals surface area contributed by atoms with E-state index in [9.17, 15) is 5.11 Å². The van der Waals surface area contributed by atoms with Crippen LogP contribution in [0.1, 0.15) is 12.0 Å². The summed E-state index contributed by atoms with van der Waals surface area (Å²) in [6, 6.07) is 6.71. The Balaban J connectivity index is 2.18. The quantitative estimate of drug-likeness (QED) is 0.907. The van der Waals surface area contributed by atoms with E-state index in [0.29, 0.717) is 0 Å². The van der Waals surface area contributed by atoms with E-state index in [2.05, 4.69) is 57.9 Å². The zero-order chi connectivity index (χ0) is 13.1. The van der Waals surface area contributed by atoms with Gasteiger partial charge in [0.05, 0.1) is 6.61 Å². The Morgan fingerprint density at radius 3 is 2.83 bits per heavy atom. The minimum absolute atomic E-state index is 0.222. The van der Waals surface area contributed by atoms with Crippen molar-refractivity contribution < 1.29 is 5.11 Å². The molecule has 1 atom stereocenters. The predicted molar refractivity (Wildman–Crippen MR) is 79.2 cm³/mol. The van der Waals surface area contributed by atoms with Crippen molar-refractivity contribution in [2.24, 2.45) is 0 Å². The predicted octanol–water partition coefficient (Wildman–Crippen LogP) is 2.26. The molecule has 0 saturated carbocycles. The number of hydrogen-bond acceptors (Lipinski definition) is 3. The third kappa shape index (κ3) is 3.05. The van der Waals surface area contributed by atoms with Gasteiger partial charge in [0.1, 0.15) is 0 Å². The number of anilines is 1. The van der Waals surface area contributed by atoms with E-state index in [1.807, 2.05) is 0 Å². The lowest BCUT2D eigenvalue weighted by Gasteiger charge is -2.29. The van der Waals surface area contributed by atoms with Gasteiger partial charge in [0.2, 0.25) is 0 Å². The Morgan fingerprint density at radius 1 is 1.39 bits per heavy atom. The molecule has 1 N–H and O–H groups in total. The normalized spacial score (nSPS) is 22.0. The summed E-state index contributed by atoms with van der Waals surface area (Å²) in [6.07, 6.45) is 1.14. The standard InChI is InChI=1S/C14H21BrN2O/c1-11-4-5-12(8-14(11)15)17-7-3-6-16(2)13(9-17)10-18/h4-5,8,13,18H,3,6-7,9-10H2,1-2H3. The van der Waals surface area contributed by atoms with E-state index >= 15 is 0 Å². The van der Waals surface area contributed by atoms with Crippen molar-refractivity contribution in [3.63, 3.8) is 0 Å². The number of benzene rings is 1. The van der Waals surface area contributed by atoms with Gasteiger partial charge >= 0.3 is 0 Å². The second kappa shape index (κ2) is 6.04. The van der Waals surface area contributed by atoms with Crippen LogP contribution in [0.4, 0.5) is 5.69 Å². The van der Waals surface area contributed by atoms with Crippen LogP contribution < -0.4 is 4.90 Å². The first kappa shape index (κ1) is 13.8. The minimum Gasteiger partial charge on any atom is -0.395 e. The first-order valence-corrected chi connectivity index (χ1v) is 7.23. The third-order valence-electron chi connectivity index (χ3n) is 3.72. The van der Waals surface area contributed by atoms with Crippen LogP contribution in [0.3, 0.4) is 0 Å². The first-order chi connectivity index (χ1) is 8.61. The number of likely N-dealkylation sites (N-methyl/N-ethyl adjacent to an activating group) is 1. The van der Waals surface area contributed by atoms with E-state index in [4.69, 9.17) is 0 Å². The zero-order valence-corrected chi connectivity index (χ0v) is 12.7. The van der Waals surface area contributed by atoms with Gasteiger partial charge in [0.15, 0.2) is 0 Å². The molecule has 1 unspecified atom stereocenters. The molecule has 1 saturated heterocycles. The number of halogens is 1. The van der Waals surface area contributed by atoms with Gasteiger partial charge in [-0.15, -0.1) is 0 Å². The number of nitrogens with zero attached hydrogens (tertiary/aromatic N) is 2. The Kier molecular flexibility index (Phi) is 4.65. The van der Waals surface area contributed by atoms with Gasteiger partial charge in [-0.05, 0) is 44.6 Å². The monoisotopic (exact) mass is 312 g/mol. The van der Waals surface area contributed by atoms with Gasteiger partial charge in [0, 0.05) is 29.3 Å². The smallest absolute Gasteiger partial charge is 0.0603 e. The molecule has 3 nitrogen and oxygen atoms in total. The topological polar surface area (TPSA) is 26.7 Å². The third-order valence-corrected chi connectivity index (χ3v) is 4.58. The van der Waals surface area contributed by atoms with Crippen molar-refractivity contribution in [1.82, 2.24) is 4.90 Å². The lowest BCUT2D eigenvalue weighted by Crippen LogP contribution is -2.41. The van der Waals surface area contributed by atoms with Crippen molar-refractivity contribution in [3.8, 4) is 0 Å². The molecule has 0 amide bonds. The number of aliphatic hydroxyl groups is 1. The lowest BCUT2D eigenvalue weighted by atomic mass is 10.2. The van der Waals surface area contributed by atoms with E-state index in [1.54, 1.807) is 0 Å². The molecule has 1 aliphatic heterocycles. The Labute approximate surface area is 118 Å². The maximum atomic E-state index is 9.47. The van der Waals surface area contributed by atoms with E-state index in [0.717, 1.165) is 30.5 Å². The average Bonchev–Trinajstić information content (AvgIpc) is 2.54. The van der Waals surface area contributed by atoms with Crippen LogP contribution in [-0.4, -0.2) is 49.3 Å². The van der Waals surface area contributed by atoms with Gasteiger partial charge in [0.25, 0.3) is 0 Å². The van der Waals surface area contributed by atoms with Crippen LogP contribution in [0.15, 0.2) is 22.7 Å². The van der Waals surface area contributed by atoms with Crippen LogP contribution in [0.5, 0.6) is 0 Å². The molecule has 0 spiro atoms. The van der Waals surface area contributed by atoms with Crippen LogP contribution in [0.2, 0.25) is 0 Å². The largest absolute Gasteiger partial charge is 0.395 e. The molecular formula is C14H21BrN2O. The molecule has 1 aromatic carbocycles. The Hall–Kier alpha value is -0.580. The number of hydrogen-bond donors (Lipinski definition) is 1. The van der Waals surface area contributed by atoms with Crippen molar-refractivity contribution in [1.29, 1.82) is 0 Å². The maximum Gasteiger partial charge on any atom is 0.0603 e. The van der Waals surface area contributed by atoms with Gasteiger partial charge in [-0.1, -0.05) is 22.0 Å². The lowest BCUT2D eigenvalue weighted by molar-refractivity contribution is 0.159. The molecule has 0 bridgehead atoms. The SMILES string of the molecule is Cc1ccc(N2CCCN(C)C(CO)C2)cc1Br. The number of aliphatic hydroxyl groups excluding tert-OH is 1. The summed E-state index contributed by atoms with van der Waals surface area (Å²) in [7, 11) is 2.09. The molecule has 0 radical (unpaired) electrons. The van der Waals surface area contributed by atoms with Crippen molar-refractivity contribution in [2.75, 3.05) is 38.2 Å². The molecule has 2 rings (SSSR count). The van der Waals surface area contributed by atoms with Gasteiger partial charge in [-0.2, -0.15) is 0 Å². The molecule has 4 heteroatoms. The highest BCUT2D eigenvalue weighted by molar-refractivity contribution is 9.10. The van der Waals surface area contributed by atoms with Crippen LogP contribution in [-0.2, 0) is 0 Å². The zero-order valence-electron chi connectivity index (χ0n) is 11.1. The van der Waals surface area contributed by atoms with Gasteiger partial charge < -0.3 is 10.0 Å². The summed E-state index contributed by atoms with van der Waals surface area (Å²) in [5, 5.41) is 9.47. The van der Waals surface area contributed by atoms with E-state index in [-0.39, 0.29) is 12.6 Å². The summed E-state index contributed by atoms with van der Waals surface area (Å²) in [4.78, 5) is 4.62. The van der Waals surface area contributed by atoms with E-state index < -0.39 is 0 Å². The average molecular weight is 313 g/mol. The van der Waals surface area contributed by atoms with Crippen LogP contribution in [0.25, 0.3) is 0 Å². The molecule has 0 aromatic heterocycles. The highest BCUT2D eigenvalue weighted by Crippen LogP contribution is 2.25. The van der Waals surface area contributed by atoms with E-state index in [1.165, 1.54) is 11.3 Å². The van der Waals surface area contributed by atoms with Crippen molar-refractivity contribution in [3.05, 3.63) is 28.2 Å². The highest BCUT2D eigenvalue weighted by atomic mass is 79.9. The molecule has 18 heavy (non-hydrogen) atoms. The highest BCUT2D eigenvalue weighted by Gasteiger charge is 2.21. The van der Waals surface area contributed by atoms with Gasteiger partial charge in [-0.25, -0.2) is 0 Å². The van der Waals surface area contributed by atoms with Crippen LogP contribution in [0, 0.1) is 6.92 Å². The molecular weight excluding hydrogens is 292 g/mol. The summed E-state index contributed by atoms with van der Waals surface area (Å²) < 4.78 is 1.15. The molecule has 1 fully saturated rings. The summed E-state index contributed by atoms with van der Waals surface area (Å²) in [5.41, 5.74) is 2.49. The van der Waals surface area contributed by atoms with Crippen LogP contribution >= 0.6 is 15.9 Å². The second-order valence-electron chi connectivity index (χ2n) is 5.05. The minimum atomic E-state index is 0.222. The maximum absolute atomic E-state index is 9.47. The fourth-order valence-corrected chi connectivity index (χ4v) is 2.76.